The molecule has 0 heterocycles. The Morgan fingerprint density at radius 2 is 1.75 bits per heavy atom. The van der Waals surface area contributed by atoms with Gasteiger partial charge in [0, 0.05) is 13.0 Å². The van der Waals surface area contributed by atoms with E-state index in [1.54, 1.807) is 42.5 Å². The van der Waals surface area contributed by atoms with Gasteiger partial charge in [0.15, 0.2) is 0 Å². The fourth-order valence-electron chi connectivity index (χ4n) is 2.64. The number of amides is 2. The highest BCUT2D eigenvalue weighted by molar-refractivity contribution is 7.92. The quantitative estimate of drug-likeness (QED) is 0.661. The van der Waals surface area contributed by atoms with Crippen molar-refractivity contribution in [2.45, 2.75) is 12.8 Å². The Labute approximate surface area is 164 Å². The van der Waals surface area contributed by atoms with E-state index in [4.69, 9.17) is 10.5 Å². The van der Waals surface area contributed by atoms with Crippen LogP contribution in [0.1, 0.15) is 23.2 Å². The van der Waals surface area contributed by atoms with Gasteiger partial charge < -0.3 is 15.8 Å². The van der Waals surface area contributed by atoms with Crippen molar-refractivity contribution >= 4 is 33.2 Å². The third-order valence-electron chi connectivity index (χ3n) is 3.99. The lowest BCUT2D eigenvalue weighted by atomic mass is 10.1. The van der Waals surface area contributed by atoms with E-state index in [1.807, 2.05) is 0 Å². The van der Waals surface area contributed by atoms with Crippen LogP contribution in [0.3, 0.4) is 0 Å². The minimum absolute atomic E-state index is 0.0786. The first-order valence-corrected chi connectivity index (χ1v) is 10.4. The molecular formula is C19H23N3O5S. The Kier molecular flexibility index (Phi) is 7.00. The van der Waals surface area contributed by atoms with Crippen molar-refractivity contribution in [3.8, 4) is 5.75 Å². The van der Waals surface area contributed by atoms with Gasteiger partial charge in [-0.3, -0.25) is 13.9 Å². The number of hydrogen-bond donors (Lipinski definition) is 2. The van der Waals surface area contributed by atoms with Crippen LogP contribution in [0.15, 0.2) is 48.5 Å². The topological polar surface area (TPSA) is 119 Å². The SMILES string of the molecule is COc1ccc(N(CCCC(=O)Nc2ccccc2C(N)=O)S(C)(=O)=O)cc1. The average molecular weight is 405 g/mol. The predicted molar refractivity (Wildman–Crippen MR) is 108 cm³/mol. The first-order valence-electron chi connectivity index (χ1n) is 8.53. The molecule has 3 N–H and O–H groups in total. The molecule has 0 unspecified atom stereocenters. The number of carbonyl (C=O) groups excluding carboxylic acids is 2. The molecule has 0 atom stereocenters. The van der Waals surface area contributed by atoms with Gasteiger partial charge in [0.05, 0.1) is 30.3 Å². The maximum absolute atomic E-state index is 12.2. The molecule has 0 bridgehead atoms. The molecule has 0 saturated heterocycles. The molecule has 2 rings (SSSR count). The third kappa shape index (κ3) is 5.71. The van der Waals surface area contributed by atoms with Crippen molar-refractivity contribution in [1.82, 2.24) is 0 Å². The molecule has 0 aromatic heterocycles. The number of nitrogens with two attached hydrogens (primary N) is 1. The fourth-order valence-corrected chi connectivity index (χ4v) is 3.60. The largest absolute Gasteiger partial charge is 0.497 e. The highest BCUT2D eigenvalue weighted by Gasteiger charge is 2.18. The van der Waals surface area contributed by atoms with Crippen molar-refractivity contribution in [3.05, 3.63) is 54.1 Å². The monoisotopic (exact) mass is 405 g/mol. The van der Waals surface area contributed by atoms with Gasteiger partial charge in [-0.2, -0.15) is 0 Å². The first kappa shape index (κ1) is 21.2. The van der Waals surface area contributed by atoms with Gasteiger partial charge in [-0.25, -0.2) is 8.42 Å². The zero-order valence-electron chi connectivity index (χ0n) is 15.7. The van der Waals surface area contributed by atoms with Crippen LogP contribution < -0.4 is 20.1 Å². The summed E-state index contributed by atoms with van der Waals surface area (Å²) in [6, 6.07) is 13.0. The molecule has 2 aromatic rings. The number of hydrogen-bond acceptors (Lipinski definition) is 5. The van der Waals surface area contributed by atoms with Crippen LogP contribution in [0.2, 0.25) is 0 Å². The number of para-hydroxylation sites is 1. The molecule has 2 amide bonds. The van der Waals surface area contributed by atoms with Crippen LogP contribution in [0.5, 0.6) is 5.75 Å². The summed E-state index contributed by atoms with van der Waals surface area (Å²) in [4.78, 5) is 23.6. The van der Waals surface area contributed by atoms with E-state index >= 15 is 0 Å². The zero-order valence-corrected chi connectivity index (χ0v) is 16.5. The molecular weight excluding hydrogens is 382 g/mol. The number of sulfonamides is 1. The van der Waals surface area contributed by atoms with Crippen LogP contribution in [0, 0.1) is 0 Å². The van der Waals surface area contributed by atoms with Gasteiger partial charge in [0.25, 0.3) is 5.91 Å². The maximum atomic E-state index is 12.2. The van der Waals surface area contributed by atoms with Crippen LogP contribution in [0.4, 0.5) is 11.4 Å². The molecule has 0 fully saturated rings. The summed E-state index contributed by atoms with van der Waals surface area (Å²) >= 11 is 0. The molecule has 0 spiro atoms. The Bertz CT molecular complexity index is 942. The minimum Gasteiger partial charge on any atom is -0.497 e. The molecule has 0 saturated carbocycles. The molecule has 9 heteroatoms. The summed E-state index contributed by atoms with van der Waals surface area (Å²) in [5, 5.41) is 2.63. The molecule has 2 aromatic carbocycles. The summed E-state index contributed by atoms with van der Waals surface area (Å²) in [6.45, 7) is 0.135. The van der Waals surface area contributed by atoms with Gasteiger partial charge in [0.1, 0.15) is 5.75 Å². The summed E-state index contributed by atoms with van der Waals surface area (Å²) in [5.74, 6) is -0.361. The van der Waals surface area contributed by atoms with Gasteiger partial charge in [-0.05, 0) is 42.8 Å². The Morgan fingerprint density at radius 1 is 1.11 bits per heavy atom. The van der Waals surface area contributed by atoms with Crippen molar-refractivity contribution in [2.24, 2.45) is 5.73 Å². The predicted octanol–water partition coefficient (Wildman–Crippen LogP) is 1.98. The molecule has 28 heavy (non-hydrogen) atoms. The Hall–Kier alpha value is -3.07. The second-order valence-electron chi connectivity index (χ2n) is 6.09. The number of nitrogens with one attached hydrogen (secondary N) is 1. The van der Waals surface area contributed by atoms with E-state index in [9.17, 15) is 18.0 Å². The second kappa shape index (κ2) is 9.23. The number of anilines is 2. The minimum atomic E-state index is -3.51. The number of primary amides is 1. The number of benzene rings is 2. The molecule has 0 aliphatic heterocycles. The van der Waals surface area contributed by atoms with E-state index in [2.05, 4.69) is 5.32 Å². The molecule has 0 radical (unpaired) electrons. The van der Waals surface area contributed by atoms with E-state index in [1.165, 1.54) is 17.5 Å². The van der Waals surface area contributed by atoms with Crippen molar-refractivity contribution < 1.29 is 22.7 Å². The summed E-state index contributed by atoms with van der Waals surface area (Å²) in [6.07, 6.45) is 1.49. The normalized spacial score (nSPS) is 10.9. The number of carbonyl (C=O) groups is 2. The van der Waals surface area contributed by atoms with Gasteiger partial charge in [-0.15, -0.1) is 0 Å². The summed E-state index contributed by atoms with van der Waals surface area (Å²) < 4.78 is 30.5. The molecule has 8 nitrogen and oxygen atoms in total. The maximum Gasteiger partial charge on any atom is 0.250 e. The lowest BCUT2D eigenvalue weighted by molar-refractivity contribution is -0.116. The van der Waals surface area contributed by atoms with E-state index in [0.717, 1.165) is 6.26 Å². The van der Waals surface area contributed by atoms with Crippen LogP contribution in [-0.4, -0.2) is 40.1 Å². The van der Waals surface area contributed by atoms with E-state index in [0.29, 0.717) is 23.5 Å². The van der Waals surface area contributed by atoms with Gasteiger partial charge in [0.2, 0.25) is 15.9 Å². The zero-order chi connectivity index (χ0) is 20.7. The van der Waals surface area contributed by atoms with E-state index in [-0.39, 0.29) is 24.4 Å². The second-order valence-corrected chi connectivity index (χ2v) is 8.00. The number of rotatable bonds is 9. The van der Waals surface area contributed by atoms with Gasteiger partial charge >= 0.3 is 0 Å². The van der Waals surface area contributed by atoms with E-state index < -0.39 is 15.9 Å². The van der Waals surface area contributed by atoms with Crippen molar-refractivity contribution in [3.63, 3.8) is 0 Å². The third-order valence-corrected chi connectivity index (χ3v) is 5.19. The standard InChI is InChI=1S/C19H23N3O5S/c1-27-15-11-9-14(10-12-15)22(28(2,25)26)13-5-8-18(23)21-17-7-4-3-6-16(17)19(20)24/h3-4,6-7,9-12H,5,8,13H2,1-2H3,(H2,20,24)(H,21,23). The van der Waals surface area contributed by atoms with Crippen molar-refractivity contribution in [2.75, 3.05) is 29.5 Å². The smallest absolute Gasteiger partial charge is 0.250 e. The Morgan fingerprint density at radius 3 is 2.32 bits per heavy atom. The number of ether oxygens (including phenoxy) is 1. The number of methoxy groups -OCH3 is 1. The van der Waals surface area contributed by atoms with Gasteiger partial charge in [-0.1, -0.05) is 12.1 Å². The van der Waals surface area contributed by atoms with Crippen molar-refractivity contribution in [1.29, 1.82) is 0 Å². The summed E-state index contributed by atoms with van der Waals surface area (Å²) in [5.41, 5.74) is 6.32. The number of nitrogens with zero attached hydrogens (tertiary/aromatic N) is 1. The average Bonchev–Trinajstić information content (AvgIpc) is 2.64. The highest BCUT2D eigenvalue weighted by Crippen LogP contribution is 2.22. The fraction of sp³-hybridized carbons (Fsp3) is 0.263. The molecule has 0 aliphatic rings. The lowest BCUT2D eigenvalue weighted by Gasteiger charge is -2.22. The summed E-state index contributed by atoms with van der Waals surface area (Å²) in [7, 11) is -1.99. The Balaban J connectivity index is 2.00. The first-order chi connectivity index (χ1) is 13.2. The lowest BCUT2D eigenvalue weighted by Crippen LogP contribution is -2.31. The van der Waals surface area contributed by atoms with Crippen LogP contribution in [-0.2, 0) is 14.8 Å². The van der Waals surface area contributed by atoms with Crippen LogP contribution >= 0.6 is 0 Å². The molecule has 0 aliphatic carbocycles. The highest BCUT2D eigenvalue weighted by atomic mass is 32.2. The molecule has 150 valence electrons. The van der Waals surface area contributed by atoms with Crippen LogP contribution in [0.25, 0.3) is 0 Å².